The molecule has 1 aliphatic heterocycles. The fourth-order valence-electron chi connectivity index (χ4n) is 9.57. The summed E-state index contributed by atoms with van der Waals surface area (Å²) in [7, 11) is 1.48. The molecule has 1 heterocycles. The lowest BCUT2D eigenvalue weighted by Gasteiger charge is -2.72. The van der Waals surface area contributed by atoms with Gasteiger partial charge in [-0.05, 0) is 57.2 Å². The van der Waals surface area contributed by atoms with Gasteiger partial charge in [0.15, 0.2) is 11.9 Å². The molecule has 1 amide bonds. The van der Waals surface area contributed by atoms with Crippen LogP contribution in [0.15, 0.2) is 41.5 Å². The molecular weight excluding hydrogens is 634 g/mol. The predicted octanol–water partition coefficient (Wildman–Crippen LogP) is 3.14. The zero-order valence-corrected chi connectivity index (χ0v) is 30.2. The summed E-state index contributed by atoms with van der Waals surface area (Å²) in [6, 6.07) is 7.15. The third-order valence-corrected chi connectivity index (χ3v) is 12.8. The van der Waals surface area contributed by atoms with E-state index in [1.165, 1.54) is 7.11 Å². The van der Waals surface area contributed by atoms with Crippen molar-refractivity contribution in [2.45, 2.75) is 129 Å². The third-order valence-electron chi connectivity index (χ3n) is 12.8. The number of esters is 1. The average Bonchev–Trinajstić information content (AvgIpc) is 3.02. The molecule has 0 radical (unpaired) electrons. The van der Waals surface area contributed by atoms with E-state index in [2.05, 4.69) is 5.32 Å². The number of fused-ring (bicyclic) bond motifs is 5. The summed E-state index contributed by atoms with van der Waals surface area (Å²) in [6.07, 6.45) is -7.03. The molecule has 1 aromatic carbocycles. The van der Waals surface area contributed by atoms with Crippen molar-refractivity contribution in [3.05, 3.63) is 47.0 Å². The summed E-state index contributed by atoms with van der Waals surface area (Å²) in [5.41, 5.74) is -7.25. The first-order valence-corrected chi connectivity index (χ1v) is 17.0. The first-order chi connectivity index (χ1) is 22.5. The number of ketones is 1. The van der Waals surface area contributed by atoms with Crippen LogP contribution in [0.1, 0.15) is 86.8 Å². The van der Waals surface area contributed by atoms with Crippen LogP contribution in [0.2, 0.25) is 0 Å². The highest BCUT2D eigenvalue weighted by Gasteiger charge is 2.79. The van der Waals surface area contributed by atoms with E-state index in [0.717, 1.165) is 0 Å². The molecule has 5 N–H and O–H groups in total. The van der Waals surface area contributed by atoms with E-state index in [1.807, 2.05) is 0 Å². The molecule has 12 nitrogen and oxygen atoms in total. The number of aliphatic hydroxyl groups excluding tert-OH is 2. The number of Topliss-reactive ketones (excluding diaryl/α,β-unsaturated/α-hetero) is 1. The van der Waals surface area contributed by atoms with E-state index in [1.54, 1.807) is 92.6 Å². The van der Waals surface area contributed by atoms with Gasteiger partial charge in [0.2, 0.25) is 0 Å². The van der Waals surface area contributed by atoms with Crippen molar-refractivity contribution < 1.29 is 53.8 Å². The first-order valence-electron chi connectivity index (χ1n) is 17.0. The second-order valence-corrected chi connectivity index (χ2v) is 16.3. The summed E-state index contributed by atoms with van der Waals surface area (Å²) in [5, 5.41) is 51.3. The van der Waals surface area contributed by atoms with Gasteiger partial charge in [0.05, 0.1) is 35.9 Å². The summed E-state index contributed by atoms with van der Waals surface area (Å²) >= 11 is 0. The second kappa shape index (κ2) is 12.1. The quantitative estimate of drug-likeness (QED) is 0.219. The maximum atomic E-state index is 14.7. The van der Waals surface area contributed by atoms with Crippen LogP contribution < -0.4 is 5.32 Å². The van der Waals surface area contributed by atoms with Crippen molar-refractivity contribution in [3.63, 3.8) is 0 Å². The molecule has 11 atom stereocenters. The summed E-state index contributed by atoms with van der Waals surface area (Å²) in [5.74, 6) is -2.51. The Bertz CT molecular complexity index is 1520. The third kappa shape index (κ3) is 5.28. The maximum absolute atomic E-state index is 14.7. The zero-order chi connectivity index (χ0) is 36.7. The minimum Gasteiger partial charge on any atom is -0.456 e. The van der Waals surface area contributed by atoms with Crippen molar-refractivity contribution in [3.8, 4) is 0 Å². The molecule has 49 heavy (non-hydrogen) atoms. The summed E-state index contributed by atoms with van der Waals surface area (Å²) < 4.78 is 23.0. The van der Waals surface area contributed by atoms with E-state index in [4.69, 9.17) is 18.9 Å². The highest BCUT2D eigenvalue weighted by Crippen LogP contribution is 2.70. The van der Waals surface area contributed by atoms with Crippen LogP contribution in [0, 0.1) is 22.2 Å². The van der Waals surface area contributed by atoms with Gasteiger partial charge in [-0.1, -0.05) is 58.0 Å². The molecule has 1 saturated heterocycles. The Kier molecular flexibility index (Phi) is 9.25. The number of amides is 1. The Morgan fingerprint density at radius 3 is 2.20 bits per heavy atom. The van der Waals surface area contributed by atoms with Gasteiger partial charge in [0, 0.05) is 30.8 Å². The van der Waals surface area contributed by atoms with Gasteiger partial charge in [-0.25, -0.2) is 9.59 Å². The molecule has 9 unspecified atom stereocenters. The van der Waals surface area contributed by atoms with Crippen LogP contribution in [0.25, 0.3) is 0 Å². The standard InChI is InChI=1S/C37H53NO11/c1-19-22(48-30(42)28(40)26(21-14-12-11-13-15-21)38-31(43)49-32(3,4)5)17-36(44)20(2)35(9)34(8,29(41)27(39)25(19)33(36,6)7)23(46-10)16-24-37(35,45)18-47-24/h11-15,20,22-24,26-28,39-40,44-45H,16-18H2,1-10H3,(H,38,43)/t20-,22?,23?,24?,26?,27?,28?,34-,35?,36?,37?/m0/s1. The lowest BCUT2D eigenvalue weighted by molar-refractivity contribution is -0.373. The number of methoxy groups -OCH3 is 1. The SMILES string of the molecule is COC1CC2OCC2(O)C2(C)[C@H](C)C3(O)CC(OC(=O)C(O)C(NC(=O)OC(C)(C)C)c4ccccc4)C(C)=C(C(O)C(=O)[C@]12C)C3(C)C. The van der Waals surface area contributed by atoms with Gasteiger partial charge in [-0.2, -0.15) is 0 Å². The molecule has 1 aromatic rings. The fourth-order valence-corrected chi connectivity index (χ4v) is 9.57. The molecular formula is C37H53NO11. The van der Waals surface area contributed by atoms with Gasteiger partial charge >= 0.3 is 12.1 Å². The Balaban J connectivity index is 1.57. The minimum absolute atomic E-state index is 0.0672. The van der Waals surface area contributed by atoms with Crippen LogP contribution in [0.3, 0.4) is 0 Å². The smallest absolute Gasteiger partial charge is 0.408 e. The lowest BCUT2D eigenvalue weighted by Crippen LogP contribution is -2.83. The van der Waals surface area contributed by atoms with Crippen LogP contribution in [-0.2, 0) is 28.5 Å². The molecule has 0 aromatic heterocycles. The van der Waals surface area contributed by atoms with Crippen molar-refractivity contribution in [1.82, 2.24) is 5.32 Å². The molecule has 3 fully saturated rings. The normalized spacial score (nSPS) is 39.6. The molecule has 12 heteroatoms. The highest BCUT2D eigenvalue weighted by molar-refractivity contribution is 5.94. The van der Waals surface area contributed by atoms with Gasteiger partial charge in [-0.15, -0.1) is 0 Å². The molecule has 4 aliphatic rings. The largest absolute Gasteiger partial charge is 0.456 e. The minimum atomic E-state index is -1.90. The van der Waals surface area contributed by atoms with Crippen LogP contribution in [-0.4, -0.2) is 99.3 Å². The van der Waals surface area contributed by atoms with E-state index >= 15 is 0 Å². The molecule has 5 rings (SSSR count). The average molecular weight is 688 g/mol. The number of carbonyl (C=O) groups is 3. The lowest BCUT2D eigenvalue weighted by atomic mass is 9.36. The number of aliphatic hydroxyl groups is 4. The van der Waals surface area contributed by atoms with E-state index < -0.39 is 93.4 Å². The molecule has 272 valence electrons. The number of alkyl carbamates (subject to hydrolysis) is 1. The van der Waals surface area contributed by atoms with Crippen LogP contribution in [0.5, 0.6) is 0 Å². The monoisotopic (exact) mass is 687 g/mol. The topological polar surface area (TPSA) is 181 Å². The maximum Gasteiger partial charge on any atom is 0.408 e. The molecule has 0 spiro atoms. The zero-order valence-electron chi connectivity index (χ0n) is 30.2. The summed E-state index contributed by atoms with van der Waals surface area (Å²) in [6.45, 7) is 15.3. The number of benzene rings is 1. The Morgan fingerprint density at radius 2 is 1.67 bits per heavy atom. The van der Waals surface area contributed by atoms with E-state index in [0.29, 0.717) is 11.1 Å². The predicted molar refractivity (Wildman–Crippen MR) is 177 cm³/mol. The van der Waals surface area contributed by atoms with Crippen LogP contribution in [0.4, 0.5) is 4.79 Å². The Morgan fingerprint density at radius 1 is 1.06 bits per heavy atom. The molecule has 2 bridgehead atoms. The number of hydrogen-bond donors (Lipinski definition) is 5. The summed E-state index contributed by atoms with van der Waals surface area (Å²) in [4.78, 5) is 41.3. The second-order valence-electron chi connectivity index (χ2n) is 16.3. The van der Waals surface area contributed by atoms with Gasteiger partial charge < -0.3 is 44.7 Å². The number of carbonyl (C=O) groups excluding carboxylic acids is 3. The fraction of sp³-hybridized carbons (Fsp3) is 0.703. The molecule has 3 aliphatic carbocycles. The Labute approximate surface area is 288 Å². The number of rotatable bonds is 6. The van der Waals surface area contributed by atoms with E-state index in [9.17, 15) is 34.8 Å². The van der Waals surface area contributed by atoms with Crippen molar-refractivity contribution in [2.24, 2.45) is 22.2 Å². The van der Waals surface area contributed by atoms with Gasteiger partial charge in [-0.3, -0.25) is 4.79 Å². The van der Waals surface area contributed by atoms with Crippen molar-refractivity contribution in [2.75, 3.05) is 13.7 Å². The number of nitrogens with one attached hydrogen (secondary N) is 1. The van der Waals surface area contributed by atoms with Crippen molar-refractivity contribution in [1.29, 1.82) is 0 Å². The highest BCUT2D eigenvalue weighted by atomic mass is 16.6. The van der Waals surface area contributed by atoms with Crippen molar-refractivity contribution >= 4 is 17.8 Å². The number of hydrogen-bond acceptors (Lipinski definition) is 11. The van der Waals surface area contributed by atoms with Gasteiger partial charge in [0.1, 0.15) is 23.4 Å². The van der Waals surface area contributed by atoms with Gasteiger partial charge in [0.25, 0.3) is 0 Å². The Hall–Kier alpha value is -2.87. The van der Waals surface area contributed by atoms with Crippen LogP contribution >= 0.6 is 0 Å². The van der Waals surface area contributed by atoms with E-state index in [-0.39, 0.29) is 25.0 Å². The first kappa shape index (κ1) is 37.4. The molecule has 2 saturated carbocycles. The number of ether oxygens (including phenoxy) is 4.